The summed E-state index contributed by atoms with van der Waals surface area (Å²) in [4.78, 5) is 0. The van der Waals surface area contributed by atoms with E-state index in [4.69, 9.17) is 0 Å². The Morgan fingerprint density at radius 1 is 0.486 bits per heavy atom. The average Bonchev–Trinajstić information content (AvgIpc) is 3.74. The lowest BCUT2D eigenvalue weighted by atomic mass is 9.82. The lowest BCUT2D eigenvalue weighted by Crippen LogP contribution is -2.09. The lowest BCUT2D eigenvalue weighted by molar-refractivity contribution is -0.0886. The van der Waals surface area contributed by atoms with Crippen LogP contribution in [0.3, 0.4) is 0 Å². The van der Waals surface area contributed by atoms with Gasteiger partial charge in [-0.25, -0.2) is 0 Å². The average molecular weight is 979 g/mol. The van der Waals surface area contributed by atoms with Crippen molar-refractivity contribution in [3.05, 3.63) is 278 Å². The van der Waals surface area contributed by atoms with Gasteiger partial charge in [0.1, 0.15) is 18.2 Å². The second-order valence-corrected chi connectivity index (χ2v) is 15.7. The van der Waals surface area contributed by atoms with Gasteiger partial charge >= 0.3 is 12.4 Å². The van der Waals surface area contributed by atoms with E-state index >= 15 is 0 Å². The molecule has 0 N–H and O–H groups in total. The SMILES string of the molecule is C=C/C=C\C(=C)/C1=C(C#N)/C=C(\C(=C)/C=C\C(=C)C(F)(F)F)C2=C(C(C#N)=C(c3ccccc3)/C2=C(/C#N)c2cc(C#N)cc(C#N)c2)/C(C(=C)/C=C\C(=C)C(F)(F)F)=C\C1=C(/C#N)c1cc(C#N)cc(C#N)c1. The van der Waals surface area contributed by atoms with Crippen LogP contribution in [0.4, 0.5) is 26.3 Å². The first-order chi connectivity index (χ1) is 35.2. The van der Waals surface area contributed by atoms with Crippen LogP contribution in [-0.2, 0) is 0 Å². The van der Waals surface area contributed by atoms with Crippen molar-refractivity contribution in [1.29, 1.82) is 42.1 Å². The number of hydrogen-bond acceptors (Lipinski definition) is 8. The maximum absolute atomic E-state index is 14.1. The fourth-order valence-corrected chi connectivity index (χ4v) is 7.66. The monoisotopic (exact) mass is 978 g/mol. The highest BCUT2D eigenvalue weighted by Crippen LogP contribution is 2.54. The second-order valence-electron chi connectivity index (χ2n) is 15.7. The maximum atomic E-state index is 14.1. The molecule has 8 nitrogen and oxygen atoms in total. The third kappa shape index (κ3) is 11.4. The molecule has 354 valence electrons. The van der Waals surface area contributed by atoms with Gasteiger partial charge in [-0.3, -0.25) is 0 Å². The summed E-state index contributed by atoms with van der Waals surface area (Å²) < 4.78 is 84.7. The van der Waals surface area contributed by atoms with Gasteiger partial charge in [0.05, 0.1) is 74.9 Å². The molecule has 0 amide bonds. The van der Waals surface area contributed by atoms with Gasteiger partial charge in [-0.2, -0.15) is 68.4 Å². The normalized spacial score (nSPS) is 17.4. The Bertz CT molecular complexity index is 3690. The summed E-state index contributed by atoms with van der Waals surface area (Å²) in [7, 11) is 0. The molecule has 0 unspecified atom stereocenters. The molecular formula is C60H32F6N8. The highest BCUT2D eigenvalue weighted by Gasteiger charge is 2.39. The molecule has 3 aromatic rings. The molecule has 0 bridgehead atoms. The summed E-state index contributed by atoms with van der Waals surface area (Å²) in [6.07, 6.45) is -0.551. The van der Waals surface area contributed by atoms with E-state index in [2.05, 4.69) is 63.8 Å². The van der Waals surface area contributed by atoms with Crippen molar-refractivity contribution in [1.82, 2.24) is 0 Å². The summed E-state index contributed by atoms with van der Waals surface area (Å²) >= 11 is 0. The van der Waals surface area contributed by atoms with Crippen molar-refractivity contribution in [2.45, 2.75) is 12.4 Å². The van der Waals surface area contributed by atoms with Crippen molar-refractivity contribution in [2.24, 2.45) is 0 Å². The van der Waals surface area contributed by atoms with E-state index in [0.29, 0.717) is 12.2 Å². The number of nitriles is 8. The Balaban J connectivity index is 2.33. The zero-order chi connectivity index (χ0) is 54.7. The first-order valence-corrected chi connectivity index (χ1v) is 21.2. The van der Waals surface area contributed by atoms with E-state index in [1.54, 1.807) is 30.3 Å². The number of allylic oxidation sites excluding steroid dienone is 26. The molecule has 2 aliphatic carbocycles. The topological polar surface area (TPSA) is 190 Å². The minimum absolute atomic E-state index is 0.0561. The predicted molar refractivity (Wildman–Crippen MR) is 267 cm³/mol. The fraction of sp³-hybridized carbons (Fsp3) is 0.0333. The molecule has 0 radical (unpaired) electrons. The molecule has 14 heteroatoms. The number of rotatable bonds is 12. The van der Waals surface area contributed by atoms with Crippen LogP contribution in [0.25, 0.3) is 16.7 Å². The zero-order valence-corrected chi connectivity index (χ0v) is 38.6. The van der Waals surface area contributed by atoms with Crippen molar-refractivity contribution >= 4 is 16.7 Å². The molecule has 0 spiro atoms. The van der Waals surface area contributed by atoms with Crippen LogP contribution < -0.4 is 0 Å². The number of hydrogen-bond donors (Lipinski definition) is 0. The minimum atomic E-state index is -4.98. The van der Waals surface area contributed by atoms with Gasteiger partial charge in [0.2, 0.25) is 0 Å². The van der Waals surface area contributed by atoms with Gasteiger partial charge in [0.25, 0.3) is 0 Å². The molecule has 3 aromatic carbocycles. The van der Waals surface area contributed by atoms with Gasteiger partial charge in [0.15, 0.2) is 0 Å². The Hall–Kier alpha value is -11.0. The van der Waals surface area contributed by atoms with E-state index in [1.165, 1.54) is 60.7 Å². The van der Waals surface area contributed by atoms with Crippen molar-refractivity contribution in [2.75, 3.05) is 0 Å². The van der Waals surface area contributed by atoms with Gasteiger partial charge in [-0.1, -0.05) is 112 Å². The molecule has 74 heavy (non-hydrogen) atoms. The summed E-state index contributed by atoms with van der Waals surface area (Å²) in [5.41, 5.74) is -7.16. The zero-order valence-electron chi connectivity index (χ0n) is 38.6. The number of benzene rings is 3. The maximum Gasteiger partial charge on any atom is 0.415 e. The second kappa shape index (κ2) is 22.6. The van der Waals surface area contributed by atoms with Crippen LogP contribution in [-0.4, -0.2) is 12.4 Å². The van der Waals surface area contributed by atoms with Crippen molar-refractivity contribution in [3.8, 4) is 48.6 Å². The molecule has 0 heterocycles. The molecular weight excluding hydrogens is 947 g/mol. The van der Waals surface area contributed by atoms with Gasteiger partial charge in [-0.15, -0.1) is 0 Å². The van der Waals surface area contributed by atoms with Crippen LogP contribution in [0.1, 0.15) is 38.9 Å². The molecule has 0 saturated heterocycles. The molecule has 0 saturated carbocycles. The van der Waals surface area contributed by atoms with Crippen molar-refractivity contribution in [3.63, 3.8) is 0 Å². The number of halogens is 6. The number of nitrogens with zero attached hydrogens (tertiary/aromatic N) is 8. The third-order valence-corrected chi connectivity index (χ3v) is 11.0. The third-order valence-electron chi connectivity index (χ3n) is 11.0. The highest BCUT2D eigenvalue weighted by atomic mass is 19.4. The van der Waals surface area contributed by atoms with E-state index in [0.717, 1.165) is 18.2 Å². The van der Waals surface area contributed by atoms with E-state index in [9.17, 15) is 68.4 Å². The smallest absolute Gasteiger partial charge is 0.192 e. The largest absolute Gasteiger partial charge is 0.415 e. The van der Waals surface area contributed by atoms with Crippen LogP contribution in [0.15, 0.2) is 239 Å². The Morgan fingerprint density at radius 3 is 1.35 bits per heavy atom. The van der Waals surface area contributed by atoms with Crippen LogP contribution in [0.2, 0.25) is 0 Å². The minimum Gasteiger partial charge on any atom is -0.192 e. The molecule has 5 rings (SSSR count). The highest BCUT2D eigenvalue weighted by molar-refractivity contribution is 6.08. The van der Waals surface area contributed by atoms with E-state index < -0.39 is 29.1 Å². The first kappa shape index (κ1) is 53.9. The van der Waals surface area contributed by atoms with Gasteiger partial charge < -0.3 is 0 Å². The Labute approximate surface area is 422 Å². The van der Waals surface area contributed by atoms with Crippen LogP contribution in [0.5, 0.6) is 0 Å². The molecule has 0 aromatic heterocycles. The molecule has 0 fully saturated rings. The number of alkyl halides is 6. The first-order valence-electron chi connectivity index (χ1n) is 21.2. The predicted octanol–water partition coefficient (Wildman–Crippen LogP) is 14.2. The fourth-order valence-electron chi connectivity index (χ4n) is 7.66. The molecule has 2 aliphatic rings. The summed E-state index contributed by atoms with van der Waals surface area (Å²) in [5, 5.41) is 85.7. The molecule has 0 aliphatic heterocycles. The summed E-state index contributed by atoms with van der Waals surface area (Å²) in [6.45, 7) is 22.3. The van der Waals surface area contributed by atoms with Gasteiger partial charge in [0, 0.05) is 44.6 Å². The lowest BCUT2D eigenvalue weighted by Gasteiger charge is -2.20. The van der Waals surface area contributed by atoms with Gasteiger partial charge in [-0.05, 0) is 93.1 Å². The Morgan fingerprint density at radius 2 is 0.946 bits per heavy atom. The Kier molecular flexibility index (Phi) is 16.5. The molecule has 0 atom stereocenters. The summed E-state index contributed by atoms with van der Waals surface area (Å²) in [5.74, 6) is 0. The van der Waals surface area contributed by atoms with E-state index in [-0.39, 0.29) is 117 Å². The van der Waals surface area contributed by atoms with Crippen LogP contribution >= 0.6 is 0 Å². The van der Waals surface area contributed by atoms with Crippen molar-refractivity contribution < 1.29 is 26.3 Å². The van der Waals surface area contributed by atoms with E-state index in [1.807, 2.05) is 24.3 Å². The van der Waals surface area contributed by atoms with Crippen LogP contribution in [0, 0.1) is 90.6 Å². The summed E-state index contributed by atoms with van der Waals surface area (Å²) in [6, 6.07) is 31.5. The standard InChI is InChI=1S/C60H32F6N8/c1-7-8-12-37(4)54-47(31-71)25-48(35(2)15-17-38(5)59(61,62)63)57-56(53(34-74)55(44-13-10-9-11-14-44)58(57)52(33-73)46-23-42(29-69)20-43(24-46)30-70)49(36(3)16-18-39(6)60(64,65)66)26-50(54)51(32-72)45-21-40(27-67)19-41(22-45)28-68/h7-26H,1-6H2/b12-8-,17-15-,18-16-,48-25+,49-26-,51-50-,54-47+,58-52+. The quantitative estimate of drug-likeness (QED) is 0.0972.